The van der Waals surface area contributed by atoms with Crippen molar-refractivity contribution in [2.75, 3.05) is 35.2 Å². The molecular formula is C27H31ClN4O. The smallest absolute Gasteiger partial charge is 0.257 e. The van der Waals surface area contributed by atoms with E-state index in [1.54, 1.807) is 0 Å². The molecule has 0 spiro atoms. The molecular weight excluding hydrogens is 432 g/mol. The highest BCUT2D eigenvalue weighted by Gasteiger charge is 2.26. The van der Waals surface area contributed by atoms with Gasteiger partial charge in [0.05, 0.1) is 11.3 Å². The summed E-state index contributed by atoms with van der Waals surface area (Å²) in [5, 5.41) is 10.7. The van der Waals surface area contributed by atoms with Gasteiger partial charge in [-0.05, 0) is 81.3 Å². The minimum absolute atomic E-state index is 0.0790. The molecule has 6 heteroatoms. The SMILES string of the molecule is Cc1cc(NC(=O)c2ccccc2Nc2cccc(Cl)c2C)ccc1N1CCNC(C)(C)C1. The van der Waals surface area contributed by atoms with Gasteiger partial charge in [-0.1, -0.05) is 29.8 Å². The summed E-state index contributed by atoms with van der Waals surface area (Å²) in [5.74, 6) is -0.159. The van der Waals surface area contributed by atoms with Gasteiger partial charge in [-0.25, -0.2) is 0 Å². The molecule has 1 aliphatic rings. The predicted molar refractivity (Wildman–Crippen MR) is 139 cm³/mol. The van der Waals surface area contributed by atoms with Gasteiger partial charge in [-0.3, -0.25) is 4.79 Å². The molecule has 33 heavy (non-hydrogen) atoms. The van der Waals surface area contributed by atoms with Crippen LogP contribution in [0.4, 0.5) is 22.7 Å². The number of halogens is 1. The van der Waals surface area contributed by atoms with Gasteiger partial charge in [-0.2, -0.15) is 0 Å². The number of nitrogens with one attached hydrogen (secondary N) is 3. The fourth-order valence-corrected chi connectivity index (χ4v) is 4.49. The summed E-state index contributed by atoms with van der Waals surface area (Å²) >= 11 is 6.26. The maximum absolute atomic E-state index is 13.2. The predicted octanol–water partition coefficient (Wildman–Crippen LogP) is 6.14. The van der Waals surface area contributed by atoms with Crippen LogP contribution >= 0.6 is 11.6 Å². The largest absolute Gasteiger partial charge is 0.368 e. The molecule has 1 heterocycles. The Hall–Kier alpha value is -3.02. The molecule has 5 nitrogen and oxygen atoms in total. The normalized spacial score (nSPS) is 15.2. The first-order chi connectivity index (χ1) is 15.7. The van der Waals surface area contributed by atoms with Crippen LogP contribution < -0.4 is 20.9 Å². The zero-order chi connectivity index (χ0) is 23.6. The van der Waals surface area contributed by atoms with E-state index in [2.05, 4.69) is 47.7 Å². The van der Waals surface area contributed by atoms with Gasteiger partial charge in [0.2, 0.25) is 0 Å². The Balaban J connectivity index is 1.52. The quantitative estimate of drug-likeness (QED) is 0.426. The highest BCUT2D eigenvalue weighted by Crippen LogP contribution is 2.29. The topological polar surface area (TPSA) is 56.4 Å². The highest BCUT2D eigenvalue weighted by atomic mass is 35.5. The third-order valence-corrected chi connectivity index (χ3v) is 6.48. The van der Waals surface area contributed by atoms with Crippen LogP contribution in [-0.2, 0) is 0 Å². The summed E-state index contributed by atoms with van der Waals surface area (Å²) in [6.45, 7) is 11.4. The van der Waals surface area contributed by atoms with Crippen molar-refractivity contribution in [1.29, 1.82) is 0 Å². The molecule has 0 unspecified atom stereocenters. The first-order valence-corrected chi connectivity index (χ1v) is 11.6. The molecule has 0 radical (unpaired) electrons. The van der Waals surface area contributed by atoms with Crippen molar-refractivity contribution in [1.82, 2.24) is 5.32 Å². The van der Waals surface area contributed by atoms with Gasteiger partial charge in [-0.15, -0.1) is 0 Å². The van der Waals surface area contributed by atoms with Crippen LogP contribution in [0, 0.1) is 13.8 Å². The van der Waals surface area contributed by atoms with E-state index >= 15 is 0 Å². The molecule has 1 fully saturated rings. The van der Waals surface area contributed by atoms with Crippen molar-refractivity contribution in [3.8, 4) is 0 Å². The van der Waals surface area contributed by atoms with Crippen molar-refractivity contribution in [2.45, 2.75) is 33.2 Å². The summed E-state index contributed by atoms with van der Waals surface area (Å²) in [4.78, 5) is 15.6. The number of aryl methyl sites for hydroxylation is 1. The minimum Gasteiger partial charge on any atom is -0.368 e. The number of para-hydroxylation sites is 1. The van der Waals surface area contributed by atoms with E-state index in [0.29, 0.717) is 10.6 Å². The minimum atomic E-state index is -0.159. The lowest BCUT2D eigenvalue weighted by molar-refractivity contribution is 0.102. The van der Waals surface area contributed by atoms with Crippen LogP contribution in [0.3, 0.4) is 0 Å². The van der Waals surface area contributed by atoms with Crippen LogP contribution in [0.15, 0.2) is 60.7 Å². The average molecular weight is 463 g/mol. The van der Waals surface area contributed by atoms with Gasteiger partial charge in [0.25, 0.3) is 5.91 Å². The first-order valence-electron chi connectivity index (χ1n) is 11.3. The maximum atomic E-state index is 13.2. The molecule has 4 rings (SSSR count). The Morgan fingerprint density at radius 1 is 1.03 bits per heavy atom. The fraction of sp³-hybridized carbons (Fsp3) is 0.296. The fourth-order valence-electron chi connectivity index (χ4n) is 4.31. The van der Waals surface area contributed by atoms with Crippen LogP contribution in [0.2, 0.25) is 5.02 Å². The van der Waals surface area contributed by atoms with E-state index in [0.717, 1.165) is 47.8 Å². The summed E-state index contributed by atoms with van der Waals surface area (Å²) in [6, 6.07) is 19.3. The van der Waals surface area contributed by atoms with Crippen LogP contribution in [0.5, 0.6) is 0 Å². The molecule has 172 valence electrons. The Bertz CT molecular complexity index is 1170. The van der Waals surface area contributed by atoms with Gasteiger partial charge < -0.3 is 20.9 Å². The number of carbonyl (C=O) groups is 1. The van der Waals surface area contributed by atoms with Crippen molar-refractivity contribution >= 4 is 40.3 Å². The monoisotopic (exact) mass is 462 g/mol. The maximum Gasteiger partial charge on any atom is 0.257 e. The van der Waals surface area contributed by atoms with Crippen molar-refractivity contribution in [3.63, 3.8) is 0 Å². The zero-order valence-electron chi connectivity index (χ0n) is 19.6. The molecule has 0 aliphatic carbocycles. The molecule has 1 aliphatic heterocycles. The van der Waals surface area contributed by atoms with E-state index in [1.165, 1.54) is 5.69 Å². The molecule has 3 aromatic carbocycles. The molecule has 1 amide bonds. The van der Waals surface area contributed by atoms with Gasteiger partial charge >= 0.3 is 0 Å². The Morgan fingerprint density at radius 2 is 1.79 bits per heavy atom. The summed E-state index contributed by atoms with van der Waals surface area (Å²) < 4.78 is 0. The Kier molecular flexibility index (Phi) is 6.63. The van der Waals surface area contributed by atoms with Gasteiger partial charge in [0, 0.05) is 47.3 Å². The zero-order valence-corrected chi connectivity index (χ0v) is 20.4. The molecule has 3 aromatic rings. The number of carbonyl (C=O) groups excluding carboxylic acids is 1. The lowest BCUT2D eigenvalue weighted by Crippen LogP contribution is -2.57. The second kappa shape index (κ2) is 9.46. The van der Waals surface area contributed by atoms with E-state index in [1.807, 2.05) is 61.5 Å². The number of hydrogen-bond acceptors (Lipinski definition) is 4. The van der Waals surface area contributed by atoms with Crippen LogP contribution in [0.1, 0.15) is 35.3 Å². The lowest BCUT2D eigenvalue weighted by Gasteiger charge is -2.41. The number of benzene rings is 3. The number of amides is 1. The Labute approximate surface area is 201 Å². The summed E-state index contributed by atoms with van der Waals surface area (Å²) in [5.41, 5.74) is 6.34. The molecule has 0 bridgehead atoms. The standard InChI is InChI=1S/C27H31ClN4O/c1-18-16-20(12-13-25(18)32-15-14-29-27(3,4)17-32)30-26(33)21-8-5-6-10-24(21)31-23-11-7-9-22(28)19(23)2/h5-13,16,29,31H,14-15,17H2,1-4H3,(H,30,33). The van der Waals surface area contributed by atoms with Crippen molar-refractivity contribution in [3.05, 3.63) is 82.4 Å². The number of piperazine rings is 1. The number of rotatable bonds is 5. The molecule has 0 atom stereocenters. The second-order valence-corrected chi connectivity index (χ2v) is 9.68. The molecule has 0 saturated carbocycles. The third kappa shape index (κ3) is 5.32. The van der Waals surface area contributed by atoms with Crippen LogP contribution in [-0.4, -0.2) is 31.1 Å². The first kappa shape index (κ1) is 23.1. The number of nitrogens with zero attached hydrogens (tertiary/aromatic N) is 1. The van der Waals surface area contributed by atoms with Crippen molar-refractivity contribution < 1.29 is 4.79 Å². The third-order valence-electron chi connectivity index (χ3n) is 6.08. The van der Waals surface area contributed by atoms with E-state index in [-0.39, 0.29) is 11.4 Å². The van der Waals surface area contributed by atoms with Gasteiger partial charge in [0.1, 0.15) is 0 Å². The van der Waals surface area contributed by atoms with E-state index in [4.69, 9.17) is 11.6 Å². The summed E-state index contributed by atoms with van der Waals surface area (Å²) in [7, 11) is 0. The summed E-state index contributed by atoms with van der Waals surface area (Å²) in [6.07, 6.45) is 0. The lowest BCUT2D eigenvalue weighted by atomic mass is 10.0. The molecule has 0 aromatic heterocycles. The number of anilines is 4. The van der Waals surface area contributed by atoms with Crippen molar-refractivity contribution in [2.24, 2.45) is 0 Å². The van der Waals surface area contributed by atoms with E-state index < -0.39 is 0 Å². The second-order valence-electron chi connectivity index (χ2n) is 9.27. The molecule has 1 saturated heterocycles. The molecule has 3 N–H and O–H groups in total. The van der Waals surface area contributed by atoms with Gasteiger partial charge in [0.15, 0.2) is 0 Å². The van der Waals surface area contributed by atoms with Crippen LogP contribution in [0.25, 0.3) is 0 Å². The highest BCUT2D eigenvalue weighted by molar-refractivity contribution is 6.31. The average Bonchev–Trinajstić information content (AvgIpc) is 2.76. The number of hydrogen-bond donors (Lipinski definition) is 3. The van der Waals surface area contributed by atoms with E-state index in [9.17, 15) is 4.79 Å². The Morgan fingerprint density at radius 3 is 2.55 bits per heavy atom.